The molecule has 0 fully saturated rings. The molecule has 0 aliphatic heterocycles. The second-order valence-electron chi connectivity index (χ2n) is 5.02. The summed E-state index contributed by atoms with van der Waals surface area (Å²) in [6, 6.07) is 22.8. The van der Waals surface area contributed by atoms with Gasteiger partial charge in [0.2, 0.25) is 0 Å². The van der Waals surface area contributed by atoms with Gasteiger partial charge >= 0.3 is 0 Å². The van der Waals surface area contributed by atoms with Crippen LogP contribution >= 0.6 is 0 Å². The van der Waals surface area contributed by atoms with E-state index in [9.17, 15) is 0 Å². The van der Waals surface area contributed by atoms with E-state index < -0.39 is 0 Å². The first-order valence-corrected chi connectivity index (χ1v) is 6.98. The molecule has 1 N–H and O–H groups in total. The number of H-pyrrole nitrogens is 1. The van der Waals surface area contributed by atoms with Gasteiger partial charge in [0.05, 0.1) is 5.56 Å². The Balaban J connectivity index is 1.86. The number of hydrogen-bond acceptors (Lipinski definition) is 0. The lowest BCUT2D eigenvalue weighted by molar-refractivity contribution is 1.47. The lowest BCUT2D eigenvalue weighted by Crippen LogP contribution is -1.79. The topological polar surface area (TPSA) is 15.8 Å². The molecule has 3 aromatic carbocycles. The monoisotopic (exact) mass is 267 g/mol. The predicted molar refractivity (Wildman–Crippen MR) is 88.2 cm³/mol. The zero-order chi connectivity index (χ0) is 14.1. The SMILES string of the molecule is C(#Cc1c[nH]c2ccccc12)c1cccc2ccccc12. The summed E-state index contributed by atoms with van der Waals surface area (Å²) in [6.07, 6.45) is 1.97. The molecule has 0 saturated heterocycles. The first kappa shape index (κ1) is 11.8. The Morgan fingerprint density at radius 3 is 2.29 bits per heavy atom. The fraction of sp³-hybridized carbons (Fsp3) is 0. The molecule has 0 unspecified atom stereocenters. The summed E-state index contributed by atoms with van der Waals surface area (Å²) in [5.74, 6) is 6.61. The number of benzene rings is 3. The summed E-state index contributed by atoms with van der Waals surface area (Å²) < 4.78 is 0. The molecule has 0 radical (unpaired) electrons. The molecular weight excluding hydrogens is 254 g/mol. The minimum absolute atomic E-state index is 1.04. The van der Waals surface area contributed by atoms with Crippen LogP contribution in [0.25, 0.3) is 21.7 Å². The maximum absolute atomic E-state index is 3.31. The van der Waals surface area contributed by atoms with E-state index in [1.807, 2.05) is 18.3 Å². The molecule has 1 heteroatoms. The second-order valence-corrected chi connectivity index (χ2v) is 5.02. The van der Waals surface area contributed by atoms with E-state index in [0.717, 1.165) is 16.6 Å². The highest BCUT2D eigenvalue weighted by atomic mass is 14.7. The van der Waals surface area contributed by atoms with Crippen molar-refractivity contribution in [2.45, 2.75) is 0 Å². The third-order valence-electron chi connectivity index (χ3n) is 3.71. The number of rotatable bonds is 0. The van der Waals surface area contributed by atoms with Gasteiger partial charge in [-0.25, -0.2) is 0 Å². The molecule has 1 nitrogen and oxygen atoms in total. The molecule has 4 rings (SSSR count). The Morgan fingerprint density at radius 1 is 0.619 bits per heavy atom. The van der Waals surface area contributed by atoms with Crippen LogP contribution in [0.3, 0.4) is 0 Å². The van der Waals surface area contributed by atoms with Crippen LogP contribution in [-0.4, -0.2) is 4.98 Å². The summed E-state index contributed by atoms with van der Waals surface area (Å²) in [7, 11) is 0. The van der Waals surface area contributed by atoms with Crippen LogP contribution < -0.4 is 0 Å². The zero-order valence-corrected chi connectivity index (χ0v) is 11.4. The number of hydrogen-bond donors (Lipinski definition) is 1. The second kappa shape index (κ2) is 4.85. The Hall–Kier alpha value is -2.98. The molecule has 98 valence electrons. The molecule has 1 aromatic heterocycles. The molecule has 0 atom stereocenters. The minimum atomic E-state index is 1.04. The van der Waals surface area contributed by atoms with Gasteiger partial charge < -0.3 is 4.98 Å². The van der Waals surface area contributed by atoms with Gasteiger partial charge in [-0.3, -0.25) is 0 Å². The van der Waals surface area contributed by atoms with Gasteiger partial charge in [0.15, 0.2) is 0 Å². The summed E-state index contributed by atoms with van der Waals surface area (Å²) in [5, 5.41) is 3.60. The molecular formula is C20H13N. The lowest BCUT2D eigenvalue weighted by atomic mass is 10.0. The standard InChI is InChI=1S/C20H13N/c1-2-9-18-15(6-1)7-5-8-16(18)12-13-17-14-21-20-11-4-3-10-19(17)20/h1-11,14,21H. The van der Waals surface area contributed by atoms with Crippen molar-refractivity contribution in [2.24, 2.45) is 0 Å². The summed E-state index contributed by atoms with van der Waals surface area (Å²) in [5.41, 5.74) is 3.23. The fourth-order valence-corrected chi connectivity index (χ4v) is 2.64. The van der Waals surface area contributed by atoms with E-state index >= 15 is 0 Å². The van der Waals surface area contributed by atoms with Crippen molar-refractivity contribution in [3.05, 3.63) is 84.1 Å². The van der Waals surface area contributed by atoms with Crippen molar-refractivity contribution >= 4 is 21.7 Å². The maximum atomic E-state index is 3.31. The predicted octanol–water partition coefficient (Wildman–Crippen LogP) is 4.72. The van der Waals surface area contributed by atoms with E-state index in [0.29, 0.717) is 0 Å². The van der Waals surface area contributed by atoms with Gasteiger partial charge in [-0.2, -0.15) is 0 Å². The highest BCUT2D eigenvalue weighted by molar-refractivity contribution is 5.89. The highest BCUT2D eigenvalue weighted by Gasteiger charge is 2.00. The van der Waals surface area contributed by atoms with Crippen molar-refractivity contribution in [1.82, 2.24) is 4.98 Å². The van der Waals surface area contributed by atoms with Gasteiger partial charge in [-0.05, 0) is 22.9 Å². The normalized spacial score (nSPS) is 10.5. The summed E-state index contributed by atoms with van der Waals surface area (Å²) >= 11 is 0. The molecule has 21 heavy (non-hydrogen) atoms. The maximum Gasteiger partial charge on any atom is 0.0502 e. The van der Waals surface area contributed by atoms with Crippen molar-refractivity contribution in [3.8, 4) is 11.8 Å². The van der Waals surface area contributed by atoms with Crippen LogP contribution in [0.15, 0.2) is 72.9 Å². The molecule has 0 aliphatic carbocycles. The molecule has 1 heterocycles. The molecule has 0 saturated carbocycles. The van der Waals surface area contributed by atoms with Gasteiger partial charge in [-0.15, -0.1) is 0 Å². The van der Waals surface area contributed by atoms with E-state index in [2.05, 4.69) is 71.4 Å². The third-order valence-corrected chi connectivity index (χ3v) is 3.71. The largest absolute Gasteiger partial charge is 0.360 e. The van der Waals surface area contributed by atoms with Crippen LogP contribution in [-0.2, 0) is 0 Å². The van der Waals surface area contributed by atoms with Crippen molar-refractivity contribution in [2.75, 3.05) is 0 Å². The Labute approximate surface area is 123 Å². The Morgan fingerprint density at radius 2 is 1.33 bits per heavy atom. The number of aromatic amines is 1. The number of aromatic nitrogens is 1. The van der Waals surface area contributed by atoms with Gasteiger partial charge in [0.1, 0.15) is 0 Å². The van der Waals surface area contributed by atoms with E-state index in [1.54, 1.807) is 0 Å². The molecule has 0 spiro atoms. The molecule has 0 aliphatic rings. The minimum Gasteiger partial charge on any atom is -0.360 e. The highest BCUT2D eigenvalue weighted by Crippen LogP contribution is 2.19. The van der Waals surface area contributed by atoms with Crippen LogP contribution in [0, 0.1) is 11.8 Å². The number of para-hydroxylation sites is 1. The first-order chi connectivity index (χ1) is 10.4. The first-order valence-electron chi connectivity index (χ1n) is 6.98. The van der Waals surface area contributed by atoms with Gasteiger partial charge in [0, 0.05) is 22.7 Å². The molecule has 4 aromatic rings. The Bertz CT molecular complexity index is 991. The summed E-state index contributed by atoms with van der Waals surface area (Å²) in [4.78, 5) is 3.26. The fourth-order valence-electron chi connectivity index (χ4n) is 2.64. The smallest absolute Gasteiger partial charge is 0.0502 e. The lowest BCUT2D eigenvalue weighted by Gasteiger charge is -1.99. The average Bonchev–Trinajstić information content (AvgIpc) is 2.96. The van der Waals surface area contributed by atoms with Crippen LogP contribution in [0.1, 0.15) is 11.1 Å². The van der Waals surface area contributed by atoms with Crippen molar-refractivity contribution < 1.29 is 0 Å². The van der Waals surface area contributed by atoms with E-state index in [4.69, 9.17) is 0 Å². The Kier molecular flexibility index (Phi) is 2.73. The van der Waals surface area contributed by atoms with Crippen LogP contribution in [0.4, 0.5) is 0 Å². The zero-order valence-electron chi connectivity index (χ0n) is 11.4. The third kappa shape index (κ3) is 2.07. The number of nitrogens with one attached hydrogen (secondary N) is 1. The van der Waals surface area contributed by atoms with Crippen LogP contribution in [0.5, 0.6) is 0 Å². The van der Waals surface area contributed by atoms with E-state index in [-0.39, 0.29) is 0 Å². The van der Waals surface area contributed by atoms with Crippen molar-refractivity contribution in [3.63, 3.8) is 0 Å². The van der Waals surface area contributed by atoms with Gasteiger partial charge in [-0.1, -0.05) is 66.4 Å². The number of fused-ring (bicyclic) bond motifs is 2. The van der Waals surface area contributed by atoms with Crippen molar-refractivity contribution in [1.29, 1.82) is 0 Å². The van der Waals surface area contributed by atoms with Gasteiger partial charge in [0.25, 0.3) is 0 Å². The van der Waals surface area contributed by atoms with E-state index in [1.165, 1.54) is 16.2 Å². The summed E-state index contributed by atoms with van der Waals surface area (Å²) in [6.45, 7) is 0. The molecule has 0 amide bonds. The quantitative estimate of drug-likeness (QED) is 0.444. The average molecular weight is 267 g/mol. The molecule has 0 bridgehead atoms. The van der Waals surface area contributed by atoms with Crippen LogP contribution in [0.2, 0.25) is 0 Å².